The number of guanidine groups is 1. The van der Waals surface area contributed by atoms with Gasteiger partial charge < -0.3 is 14.4 Å². The van der Waals surface area contributed by atoms with Crippen molar-refractivity contribution in [2.24, 2.45) is 11.0 Å². The van der Waals surface area contributed by atoms with Crippen molar-refractivity contribution in [2.75, 3.05) is 26.2 Å². The Hall–Kier alpha value is -2.68. The molecule has 2 aliphatic heterocycles. The zero-order valence-electron chi connectivity index (χ0n) is 15.8. The molecule has 0 aliphatic carbocycles. The van der Waals surface area contributed by atoms with Crippen molar-refractivity contribution < 1.29 is 19.3 Å². The van der Waals surface area contributed by atoms with Crippen LogP contribution in [-0.2, 0) is 4.74 Å². The van der Waals surface area contributed by atoms with Gasteiger partial charge in [0.05, 0.1) is 18.8 Å². The van der Waals surface area contributed by atoms with Gasteiger partial charge in [-0.2, -0.15) is 0 Å². The third-order valence-corrected chi connectivity index (χ3v) is 4.67. The molecule has 2 saturated heterocycles. The number of aryl methyl sites for hydroxylation is 1. The van der Waals surface area contributed by atoms with Crippen LogP contribution in [0.1, 0.15) is 25.8 Å². The van der Waals surface area contributed by atoms with Crippen LogP contribution < -0.4 is 4.74 Å². The highest BCUT2D eigenvalue weighted by Crippen LogP contribution is 2.30. The predicted octanol–water partition coefficient (Wildman–Crippen LogP) is 2.47. The number of carbonyl (C=O) groups excluding carboxylic acids is 1. The van der Waals surface area contributed by atoms with E-state index >= 15 is 0 Å². The number of nitrogens with zero attached hydrogens (tertiary/aromatic N) is 4. The van der Waals surface area contributed by atoms with Crippen LogP contribution in [0, 0.1) is 23.0 Å². The molecule has 0 N–H and O–H groups in total. The highest BCUT2D eigenvalue weighted by molar-refractivity contribution is 5.96. The first-order valence-corrected chi connectivity index (χ1v) is 8.91. The second kappa shape index (κ2) is 7.51. The van der Waals surface area contributed by atoms with E-state index in [1.165, 1.54) is 4.90 Å². The van der Waals surface area contributed by atoms with Crippen molar-refractivity contribution in [1.29, 1.82) is 0 Å². The van der Waals surface area contributed by atoms with Crippen LogP contribution >= 0.6 is 0 Å². The Balaban J connectivity index is 1.71. The molecule has 0 bridgehead atoms. The Morgan fingerprint density at radius 2 is 2.22 bits per heavy atom. The van der Waals surface area contributed by atoms with Crippen LogP contribution in [0.4, 0.5) is 4.79 Å². The topological polar surface area (TPSA) is 97.5 Å². The van der Waals surface area contributed by atoms with E-state index in [0.717, 1.165) is 12.0 Å². The summed E-state index contributed by atoms with van der Waals surface area (Å²) in [6.45, 7) is 7.82. The van der Waals surface area contributed by atoms with Gasteiger partial charge in [0, 0.05) is 19.0 Å². The lowest BCUT2D eigenvalue weighted by atomic mass is 9.97. The quantitative estimate of drug-likeness (QED) is 0.591. The van der Waals surface area contributed by atoms with Gasteiger partial charge in [-0.15, -0.1) is 0 Å². The van der Waals surface area contributed by atoms with E-state index < -0.39 is 11.1 Å². The summed E-state index contributed by atoms with van der Waals surface area (Å²) in [5, 5.41) is 13.7. The van der Waals surface area contributed by atoms with Crippen LogP contribution in [0.2, 0.25) is 0 Å². The molecule has 3 rings (SSSR count). The lowest BCUT2D eigenvalue weighted by molar-refractivity contribution is -0.486. The Labute approximate surface area is 157 Å². The number of amides is 1. The molecule has 2 aliphatic rings. The summed E-state index contributed by atoms with van der Waals surface area (Å²) in [7, 11) is 0. The maximum atomic E-state index is 12.6. The Morgan fingerprint density at radius 1 is 1.44 bits per heavy atom. The average Bonchev–Trinajstić information content (AvgIpc) is 3.10. The minimum Gasteiger partial charge on any atom is -0.410 e. The summed E-state index contributed by atoms with van der Waals surface area (Å²) >= 11 is 0. The van der Waals surface area contributed by atoms with Crippen LogP contribution in [0.3, 0.4) is 0 Å². The molecule has 0 radical (unpaired) electrons. The number of hydrogen-bond donors (Lipinski definition) is 0. The molecule has 9 heteroatoms. The summed E-state index contributed by atoms with van der Waals surface area (Å²) in [6, 6.07) is 7.07. The second-order valence-corrected chi connectivity index (χ2v) is 7.56. The van der Waals surface area contributed by atoms with Gasteiger partial charge in [-0.05, 0) is 44.9 Å². The highest BCUT2D eigenvalue weighted by Gasteiger charge is 2.39. The molecule has 1 amide bonds. The van der Waals surface area contributed by atoms with Crippen LogP contribution in [0.5, 0.6) is 5.75 Å². The number of ether oxygens (including phenoxy) is 2. The van der Waals surface area contributed by atoms with Crippen LogP contribution in [0.25, 0.3) is 0 Å². The monoisotopic (exact) mass is 376 g/mol. The molecule has 9 nitrogen and oxygen atoms in total. The zero-order chi connectivity index (χ0) is 19.6. The first-order valence-electron chi connectivity index (χ1n) is 8.91. The molecule has 146 valence electrons. The number of carbonyl (C=O) groups is 1. The normalized spacial score (nSPS) is 23.1. The van der Waals surface area contributed by atoms with Crippen molar-refractivity contribution in [3.05, 3.63) is 39.9 Å². The maximum Gasteiger partial charge on any atom is 0.422 e. The molecule has 2 heterocycles. The molecular weight excluding hydrogens is 352 g/mol. The highest BCUT2D eigenvalue weighted by atomic mass is 16.7. The first-order chi connectivity index (χ1) is 12.7. The van der Waals surface area contributed by atoms with Crippen molar-refractivity contribution in [3.63, 3.8) is 0 Å². The molecule has 2 fully saturated rings. The van der Waals surface area contributed by atoms with E-state index in [2.05, 4.69) is 5.10 Å². The number of hydrogen-bond acceptors (Lipinski definition) is 5. The standard InChI is InChI=1S/C18H24N4O5/c1-13-5-4-6-15(9-13)27-17(23)21-8-7-20(16(21)19-22(24)25)11-14-10-18(2,3)26-12-14/h4-6,9,14H,7-8,10-12H2,1-3H3. The van der Waals surface area contributed by atoms with Gasteiger partial charge in [0.1, 0.15) is 10.9 Å². The van der Waals surface area contributed by atoms with Gasteiger partial charge in [0.15, 0.2) is 5.03 Å². The van der Waals surface area contributed by atoms with E-state index in [-0.39, 0.29) is 24.0 Å². The summed E-state index contributed by atoms with van der Waals surface area (Å²) in [5.74, 6) is 0.636. The van der Waals surface area contributed by atoms with Gasteiger partial charge >= 0.3 is 6.09 Å². The molecule has 0 saturated carbocycles. The van der Waals surface area contributed by atoms with E-state index in [9.17, 15) is 14.9 Å². The molecule has 1 unspecified atom stereocenters. The maximum absolute atomic E-state index is 12.6. The number of rotatable bonds is 4. The summed E-state index contributed by atoms with van der Waals surface area (Å²) in [4.78, 5) is 26.5. The van der Waals surface area contributed by atoms with E-state index in [1.54, 1.807) is 23.1 Å². The number of nitro groups is 1. The Kier molecular flexibility index (Phi) is 5.31. The average molecular weight is 376 g/mol. The summed E-state index contributed by atoms with van der Waals surface area (Å²) < 4.78 is 11.1. The lowest BCUT2D eigenvalue weighted by Gasteiger charge is -2.22. The first kappa shape index (κ1) is 19.1. The fourth-order valence-corrected chi connectivity index (χ4v) is 3.55. The van der Waals surface area contributed by atoms with Crippen molar-refractivity contribution in [1.82, 2.24) is 9.80 Å². The molecule has 0 spiro atoms. The third-order valence-electron chi connectivity index (χ3n) is 4.67. The summed E-state index contributed by atoms with van der Waals surface area (Å²) in [6.07, 6.45) is 0.176. The SMILES string of the molecule is Cc1cccc(OC(=O)N2CCN(CC3COC(C)(C)C3)C2=N[N+](=O)[O-])c1. The molecule has 1 aromatic carbocycles. The largest absolute Gasteiger partial charge is 0.422 e. The third kappa shape index (κ3) is 4.73. The van der Waals surface area contributed by atoms with Crippen LogP contribution in [-0.4, -0.2) is 58.7 Å². The van der Waals surface area contributed by atoms with Crippen molar-refractivity contribution in [3.8, 4) is 5.75 Å². The number of benzene rings is 1. The molecule has 1 atom stereocenters. The predicted molar refractivity (Wildman–Crippen MR) is 98.0 cm³/mol. The van der Waals surface area contributed by atoms with Gasteiger partial charge in [-0.1, -0.05) is 12.1 Å². The van der Waals surface area contributed by atoms with Gasteiger partial charge in [-0.3, -0.25) is 0 Å². The Bertz CT molecular complexity index is 764. The fraction of sp³-hybridized carbons (Fsp3) is 0.556. The van der Waals surface area contributed by atoms with Crippen molar-refractivity contribution in [2.45, 2.75) is 32.8 Å². The van der Waals surface area contributed by atoms with E-state index in [0.29, 0.717) is 25.4 Å². The number of hydrazone groups is 1. The van der Waals surface area contributed by atoms with Crippen LogP contribution in [0.15, 0.2) is 29.4 Å². The zero-order valence-corrected chi connectivity index (χ0v) is 15.8. The lowest BCUT2D eigenvalue weighted by Crippen LogP contribution is -2.41. The second-order valence-electron chi connectivity index (χ2n) is 7.56. The minimum absolute atomic E-state index is 0.0161. The fourth-order valence-electron chi connectivity index (χ4n) is 3.55. The minimum atomic E-state index is -0.782. The molecule has 27 heavy (non-hydrogen) atoms. The van der Waals surface area contributed by atoms with E-state index in [4.69, 9.17) is 9.47 Å². The molecule has 1 aromatic rings. The van der Waals surface area contributed by atoms with Gasteiger partial charge in [0.2, 0.25) is 0 Å². The molecular formula is C18H24N4O5. The molecule has 0 aromatic heterocycles. The Morgan fingerprint density at radius 3 is 2.85 bits per heavy atom. The summed E-state index contributed by atoms with van der Waals surface area (Å²) in [5.41, 5.74) is 0.751. The van der Waals surface area contributed by atoms with Crippen molar-refractivity contribution >= 4 is 12.1 Å². The van der Waals surface area contributed by atoms with Gasteiger partial charge in [-0.25, -0.2) is 19.8 Å². The van der Waals surface area contributed by atoms with E-state index in [1.807, 2.05) is 26.8 Å². The smallest absolute Gasteiger partial charge is 0.410 e. The van der Waals surface area contributed by atoms with Gasteiger partial charge in [0.25, 0.3) is 5.96 Å².